The zero-order chi connectivity index (χ0) is 13.0. The molecule has 4 nitrogen and oxygen atoms in total. The zero-order valence-corrected chi connectivity index (χ0v) is 10.9. The smallest absolute Gasteiger partial charge is 0.330 e. The van der Waals surface area contributed by atoms with Gasteiger partial charge >= 0.3 is 5.97 Å². The van der Waals surface area contributed by atoms with E-state index >= 15 is 0 Å². The molecule has 2 aliphatic carbocycles. The number of hydrogen-bond donors (Lipinski definition) is 1. The second-order valence-electron chi connectivity index (χ2n) is 5.19. The highest BCUT2D eigenvalue weighted by molar-refractivity contribution is 5.85. The van der Waals surface area contributed by atoms with E-state index in [9.17, 15) is 9.59 Å². The molecule has 0 aliphatic heterocycles. The lowest BCUT2D eigenvalue weighted by molar-refractivity contribution is -0.144. The number of carbonyl (C=O) groups excluding carboxylic acids is 2. The van der Waals surface area contributed by atoms with Gasteiger partial charge in [-0.15, -0.1) is 0 Å². The average molecular weight is 251 g/mol. The molecular weight excluding hydrogens is 230 g/mol. The average Bonchev–Trinajstić information content (AvgIpc) is 3.22. The molecule has 1 amide bonds. The van der Waals surface area contributed by atoms with E-state index in [4.69, 9.17) is 4.74 Å². The Morgan fingerprint density at radius 1 is 1.28 bits per heavy atom. The highest BCUT2D eigenvalue weighted by atomic mass is 16.5. The van der Waals surface area contributed by atoms with Crippen molar-refractivity contribution in [2.45, 2.75) is 45.1 Å². The quantitative estimate of drug-likeness (QED) is 0.554. The fourth-order valence-corrected chi connectivity index (χ4v) is 2.16. The largest absolute Gasteiger partial charge is 0.452 e. The molecule has 0 atom stereocenters. The summed E-state index contributed by atoms with van der Waals surface area (Å²) in [5.41, 5.74) is 0. The Kier molecular flexibility index (Phi) is 4.39. The van der Waals surface area contributed by atoms with Crippen molar-refractivity contribution in [3.05, 3.63) is 12.2 Å². The van der Waals surface area contributed by atoms with Gasteiger partial charge in [0.1, 0.15) is 0 Å². The van der Waals surface area contributed by atoms with Gasteiger partial charge in [0.2, 0.25) is 0 Å². The van der Waals surface area contributed by atoms with Gasteiger partial charge in [-0.25, -0.2) is 4.79 Å². The topological polar surface area (TPSA) is 55.4 Å². The maximum atomic E-state index is 11.7. The standard InChI is InChI=1S/C14H21NO3/c1-2-3-4-13(17)18-9-12(16)15-14(10-5-6-10)11-7-8-11/h3-4,10-11,14H,2,5-9H2,1H3,(H,15,16)/b4-3+. The van der Waals surface area contributed by atoms with E-state index in [2.05, 4.69) is 5.32 Å². The molecule has 0 aromatic carbocycles. The second kappa shape index (κ2) is 6.03. The molecule has 100 valence electrons. The lowest BCUT2D eigenvalue weighted by atomic mass is 10.1. The first-order valence-electron chi connectivity index (χ1n) is 6.83. The van der Waals surface area contributed by atoms with Gasteiger partial charge < -0.3 is 10.1 Å². The van der Waals surface area contributed by atoms with E-state index in [1.165, 1.54) is 31.8 Å². The number of ether oxygens (including phenoxy) is 1. The first kappa shape index (κ1) is 13.1. The molecule has 0 bridgehead atoms. The van der Waals surface area contributed by atoms with Crippen molar-refractivity contribution in [2.24, 2.45) is 11.8 Å². The summed E-state index contributed by atoms with van der Waals surface area (Å²) in [6.07, 6.45) is 8.76. The molecular formula is C14H21NO3. The Morgan fingerprint density at radius 2 is 1.89 bits per heavy atom. The van der Waals surface area contributed by atoms with Crippen LogP contribution in [0.25, 0.3) is 0 Å². The molecule has 1 N–H and O–H groups in total. The number of carbonyl (C=O) groups is 2. The van der Waals surface area contributed by atoms with E-state index in [-0.39, 0.29) is 12.5 Å². The SMILES string of the molecule is CC/C=C/C(=O)OCC(=O)NC(C1CC1)C1CC1. The van der Waals surface area contributed by atoms with Crippen LogP contribution in [0.5, 0.6) is 0 Å². The predicted molar refractivity (Wildman–Crippen MR) is 67.8 cm³/mol. The van der Waals surface area contributed by atoms with Crippen LogP contribution in [0.1, 0.15) is 39.0 Å². The number of hydrogen-bond acceptors (Lipinski definition) is 3. The highest BCUT2D eigenvalue weighted by Crippen LogP contribution is 2.44. The van der Waals surface area contributed by atoms with Gasteiger partial charge in [-0.05, 0) is 43.9 Å². The zero-order valence-electron chi connectivity index (χ0n) is 10.9. The van der Waals surface area contributed by atoms with Gasteiger partial charge in [0.05, 0.1) is 0 Å². The monoisotopic (exact) mass is 251 g/mol. The van der Waals surface area contributed by atoms with E-state index < -0.39 is 5.97 Å². The normalized spacial score (nSPS) is 19.2. The van der Waals surface area contributed by atoms with Crippen molar-refractivity contribution in [1.82, 2.24) is 5.32 Å². The minimum absolute atomic E-state index is 0.164. The number of esters is 1. The number of nitrogens with one attached hydrogen (secondary N) is 1. The maximum absolute atomic E-state index is 11.7. The van der Waals surface area contributed by atoms with Gasteiger partial charge in [0, 0.05) is 12.1 Å². The number of allylic oxidation sites excluding steroid dienone is 1. The molecule has 0 radical (unpaired) electrons. The predicted octanol–water partition coefficient (Wildman–Crippen LogP) is 1.80. The molecule has 2 rings (SSSR count). The first-order chi connectivity index (χ1) is 8.70. The molecule has 0 saturated heterocycles. The van der Waals surface area contributed by atoms with Crippen LogP contribution in [0.4, 0.5) is 0 Å². The van der Waals surface area contributed by atoms with Crippen LogP contribution in [0.15, 0.2) is 12.2 Å². The summed E-state index contributed by atoms with van der Waals surface area (Å²) in [5.74, 6) is 0.715. The van der Waals surface area contributed by atoms with Crippen molar-refractivity contribution >= 4 is 11.9 Å². The van der Waals surface area contributed by atoms with E-state index in [1.54, 1.807) is 6.08 Å². The fourth-order valence-electron chi connectivity index (χ4n) is 2.16. The Balaban J connectivity index is 1.67. The Labute approximate surface area is 108 Å². The van der Waals surface area contributed by atoms with Crippen LogP contribution < -0.4 is 5.32 Å². The van der Waals surface area contributed by atoms with Crippen molar-refractivity contribution in [2.75, 3.05) is 6.61 Å². The molecule has 18 heavy (non-hydrogen) atoms. The lowest BCUT2D eigenvalue weighted by Crippen LogP contribution is -2.40. The maximum Gasteiger partial charge on any atom is 0.330 e. The van der Waals surface area contributed by atoms with Crippen LogP contribution in [0.2, 0.25) is 0 Å². The first-order valence-corrected chi connectivity index (χ1v) is 6.83. The molecule has 0 aromatic heterocycles. The summed E-state index contributed by atoms with van der Waals surface area (Å²) in [6.45, 7) is 1.77. The van der Waals surface area contributed by atoms with Gasteiger partial charge in [-0.3, -0.25) is 4.79 Å². The van der Waals surface area contributed by atoms with Crippen molar-refractivity contribution in [3.8, 4) is 0 Å². The van der Waals surface area contributed by atoms with Crippen LogP contribution in [0.3, 0.4) is 0 Å². The molecule has 4 heteroatoms. The van der Waals surface area contributed by atoms with Crippen molar-refractivity contribution in [1.29, 1.82) is 0 Å². The molecule has 2 fully saturated rings. The Bertz CT molecular complexity index is 331. The van der Waals surface area contributed by atoms with Crippen LogP contribution >= 0.6 is 0 Å². The molecule has 0 heterocycles. The summed E-state index contributed by atoms with van der Waals surface area (Å²) < 4.78 is 4.87. The Hall–Kier alpha value is -1.32. The highest BCUT2D eigenvalue weighted by Gasteiger charge is 2.42. The molecule has 0 spiro atoms. The molecule has 2 aliphatic rings. The second-order valence-corrected chi connectivity index (χ2v) is 5.19. The van der Waals surface area contributed by atoms with Gasteiger partial charge in [0.15, 0.2) is 6.61 Å². The lowest BCUT2D eigenvalue weighted by Gasteiger charge is -2.17. The number of amides is 1. The summed E-state index contributed by atoms with van der Waals surface area (Å²) in [6, 6.07) is 0.322. The van der Waals surface area contributed by atoms with Crippen LogP contribution in [-0.4, -0.2) is 24.5 Å². The molecule has 0 aromatic rings. The summed E-state index contributed by atoms with van der Waals surface area (Å²) in [5, 5.41) is 3.01. The summed E-state index contributed by atoms with van der Waals surface area (Å²) in [4.78, 5) is 22.9. The third-order valence-corrected chi connectivity index (χ3v) is 3.42. The third kappa shape index (κ3) is 4.17. The third-order valence-electron chi connectivity index (χ3n) is 3.42. The van der Waals surface area contributed by atoms with E-state index in [0.29, 0.717) is 17.9 Å². The van der Waals surface area contributed by atoms with E-state index in [1.807, 2.05) is 6.92 Å². The minimum Gasteiger partial charge on any atom is -0.452 e. The molecule has 2 saturated carbocycles. The summed E-state index contributed by atoms with van der Waals surface area (Å²) >= 11 is 0. The van der Waals surface area contributed by atoms with Crippen LogP contribution in [-0.2, 0) is 14.3 Å². The fraction of sp³-hybridized carbons (Fsp3) is 0.714. The minimum atomic E-state index is -0.443. The summed E-state index contributed by atoms with van der Waals surface area (Å²) in [7, 11) is 0. The van der Waals surface area contributed by atoms with E-state index in [0.717, 1.165) is 6.42 Å². The Morgan fingerprint density at radius 3 is 2.39 bits per heavy atom. The van der Waals surface area contributed by atoms with Crippen LogP contribution in [0, 0.1) is 11.8 Å². The van der Waals surface area contributed by atoms with Crippen molar-refractivity contribution < 1.29 is 14.3 Å². The van der Waals surface area contributed by atoms with Gasteiger partial charge in [-0.1, -0.05) is 13.0 Å². The molecule has 0 unspecified atom stereocenters. The van der Waals surface area contributed by atoms with Gasteiger partial charge in [0.25, 0.3) is 5.91 Å². The van der Waals surface area contributed by atoms with Crippen molar-refractivity contribution in [3.63, 3.8) is 0 Å². The van der Waals surface area contributed by atoms with Gasteiger partial charge in [-0.2, -0.15) is 0 Å². The number of rotatable bonds is 7.